The molecule has 2 heterocycles. The lowest BCUT2D eigenvalue weighted by molar-refractivity contribution is -0.132. The zero-order chi connectivity index (χ0) is 22.8. The van der Waals surface area contributed by atoms with Crippen LogP contribution < -0.4 is 9.64 Å². The van der Waals surface area contributed by atoms with Crippen molar-refractivity contribution in [1.82, 2.24) is 4.98 Å². The minimum Gasteiger partial charge on any atom is -0.507 e. The van der Waals surface area contributed by atoms with E-state index < -0.39 is 17.7 Å². The van der Waals surface area contributed by atoms with Gasteiger partial charge in [0.15, 0.2) is 5.13 Å². The topological polar surface area (TPSA) is 79.7 Å². The molecule has 0 radical (unpaired) electrons. The third-order valence-electron chi connectivity index (χ3n) is 5.27. The smallest absolute Gasteiger partial charge is 0.301 e. The molecule has 1 aliphatic rings. The molecule has 1 fully saturated rings. The Labute approximate surface area is 194 Å². The van der Waals surface area contributed by atoms with E-state index in [4.69, 9.17) is 4.74 Å². The number of Topliss-reactive ketones (excluding diaryl/α,β-unsaturated/α-hetero) is 1. The highest BCUT2D eigenvalue weighted by Crippen LogP contribution is 2.43. The first-order valence-electron chi connectivity index (χ1n) is 10.2. The molecule has 0 aliphatic carbocycles. The average molecular weight is 455 g/mol. The summed E-state index contributed by atoms with van der Waals surface area (Å²) in [5.41, 5.74) is 1.09. The van der Waals surface area contributed by atoms with Crippen LogP contribution in [0.3, 0.4) is 0 Å². The van der Waals surface area contributed by atoms with Gasteiger partial charge in [-0.3, -0.25) is 14.5 Å². The van der Waals surface area contributed by atoms with Crippen molar-refractivity contribution in [2.75, 3.05) is 4.90 Å². The Hall–Kier alpha value is -4.23. The molecule has 0 saturated carbocycles. The number of aliphatic hydroxyl groups excluding tert-OH is 1. The van der Waals surface area contributed by atoms with E-state index in [1.54, 1.807) is 60.1 Å². The van der Waals surface area contributed by atoms with Crippen LogP contribution in [0.2, 0.25) is 0 Å². The molecule has 0 bridgehead atoms. The number of rotatable bonds is 5. The average Bonchev–Trinajstić information content (AvgIpc) is 3.47. The molecule has 5 rings (SSSR count). The zero-order valence-corrected chi connectivity index (χ0v) is 18.1. The molecule has 6 nitrogen and oxygen atoms in total. The maximum atomic E-state index is 13.1. The fraction of sp³-hybridized carbons (Fsp3) is 0.0385. The molecule has 1 N–H and O–H groups in total. The summed E-state index contributed by atoms with van der Waals surface area (Å²) in [7, 11) is 0. The fourth-order valence-electron chi connectivity index (χ4n) is 3.80. The van der Waals surface area contributed by atoms with Crippen LogP contribution >= 0.6 is 11.3 Å². The highest BCUT2D eigenvalue weighted by molar-refractivity contribution is 7.14. The molecule has 1 aliphatic heterocycles. The number of hydrogen-bond donors (Lipinski definition) is 1. The van der Waals surface area contributed by atoms with Crippen LogP contribution in [0.15, 0.2) is 102 Å². The summed E-state index contributed by atoms with van der Waals surface area (Å²) in [4.78, 5) is 31.8. The number of nitrogens with zero attached hydrogens (tertiary/aromatic N) is 2. The molecule has 1 atom stereocenters. The number of hydrogen-bond acceptors (Lipinski definition) is 6. The van der Waals surface area contributed by atoms with Crippen molar-refractivity contribution in [2.45, 2.75) is 6.04 Å². The van der Waals surface area contributed by atoms with Crippen LogP contribution in [0, 0.1) is 0 Å². The second kappa shape index (κ2) is 8.72. The summed E-state index contributed by atoms with van der Waals surface area (Å²) in [5, 5.41) is 13.2. The molecule has 4 aromatic rings. The summed E-state index contributed by atoms with van der Waals surface area (Å²) in [6.45, 7) is 0. The van der Waals surface area contributed by atoms with E-state index in [0.717, 1.165) is 0 Å². The number of ketones is 1. The minimum absolute atomic E-state index is 0.0123. The summed E-state index contributed by atoms with van der Waals surface area (Å²) in [6, 6.07) is 24.3. The Bertz CT molecular complexity index is 1340. The van der Waals surface area contributed by atoms with Gasteiger partial charge in [0.05, 0.1) is 11.6 Å². The van der Waals surface area contributed by atoms with Gasteiger partial charge < -0.3 is 9.84 Å². The number of carbonyl (C=O) groups excluding carboxylic acids is 2. The number of ether oxygens (including phenoxy) is 1. The second-order valence-electron chi connectivity index (χ2n) is 7.34. The van der Waals surface area contributed by atoms with Crippen molar-refractivity contribution in [3.63, 3.8) is 0 Å². The number of aromatic nitrogens is 1. The van der Waals surface area contributed by atoms with E-state index in [1.807, 2.05) is 36.4 Å². The largest absolute Gasteiger partial charge is 0.507 e. The Balaban J connectivity index is 1.65. The van der Waals surface area contributed by atoms with E-state index >= 15 is 0 Å². The molecule has 1 aromatic heterocycles. The fourth-order valence-corrected chi connectivity index (χ4v) is 4.47. The lowest BCUT2D eigenvalue weighted by Gasteiger charge is -2.23. The summed E-state index contributed by atoms with van der Waals surface area (Å²) in [6.07, 6.45) is 1.57. The third-order valence-corrected chi connectivity index (χ3v) is 6.04. The first-order valence-corrected chi connectivity index (χ1v) is 11.1. The molecule has 1 saturated heterocycles. The van der Waals surface area contributed by atoms with Gasteiger partial charge in [-0.15, -0.1) is 11.3 Å². The van der Waals surface area contributed by atoms with Gasteiger partial charge in [0.2, 0.25) is 0 Å². The lowest BCUT2D eigenvalue weighted by atomic mass is 9.95. The van der Waals surface area contributed by atoms with E-state index in [2.05, 4.69) is 4.98 Å². The van der Waals surface area contributed by atoms with Crippen molar-refractivity contribution in [2.24, 2.45) is 0 Å². The highest BCUT2D eigenvalue weighted by atomic mass is 32.1. The van der Waals surface area contributed by atoms with E-state index in [0.29, 0.717) is 27.8 Å². The second-order valence-corrected chi connectivity index (χ2v) is 8.21. The number of amides is 1. The van der Waals surface area contributed by atoms with Crippen molar-refractivity contribution < 1.29 is 19.4 Å². The maximum absolute atomic E-state index is 13.1. The van der Waals surface area contributed by atoms with Crippen LogP contribution in [0.1, 0.15) is 17.2 Å². The van der Waals surface area contributed by atoms with Crippen LogP contribution in [0.25, 0.3) is 5.76 Å². The maximum Gasteiger partial charge on any atom is 0.301 e. The first kappa shape index (κ1) is 20.7. The number of para-hydroxylation sites is 1. The van der Waals surface area contributed by atoms with E-state index in [1.165, 1.54) is 16.2 Å². The Morgan fingerprint density at radius 2 is 1.61 bits per heavy atom. The van der Waals surface area contributed by atoms with Gasteiger partial charge in [-0.2, -0.15) is 0 Å². The molecular formula is C26H18N2O4S. The van der Waals surface area contributed by atoms with E-state index in [-0.39, 0.29) is 11.3 Å². The van der Waals surface area contributed by atoms with Crippen molar-refractivity contribution in [1.29, 1.82) is 0 Å². The quantitative estimate of drug-likeness (QED) is 0.243. The van der Waals surface area contributed by atoms with E-state index in [9.17, 15) is 14.7 Å². The number of benzene rings is 3. The Morgan fingerprint density at radius 1 is 0.909 bits per heavy atom. The molecule has 162 valence electrons. The third kappa shape index (κ3) is 3.90. The molecule has 33 heavy (non-hydrogen) atoms. The highest BCUT2D eigenvalue weighted by Gasteiger charge is 2.48. The van der Waals surface area contributed by atoms with Crippen LogP contribution in [0.4, 0.5) is 5.13 Å². The normalized spacial score (nSPS) is 17.3. The predicted octanol–water partition coefficient (Wildman–Crippen LogP) is 5.56. The summed E-state index contributed by atoms with van der Waals surface area (Å²) < 4.78 is 5.96. The van der Waals surface area contributed by atoms with Crippen LogP contribution in [0.5, 0.6) is 11.5 Å². The van der Waals surface area contributed by atoms with Gasteiger partial charge >= 0.3 is 5.91 Å². The molecule has 0 spiro atoms. The van der Waals surface area contributed by atoms with Crippen molar-refractivity contribution >= 4 is 33.9 Å². The van der Waals surface area contributed by atoms with Gasteiger partial charge in [0, 0.05) is 17.1 Å². The molecule has 1 amide bonds. The number of carbonyl (C=O) groups is 2. The van der Waals surface area contributed by atoms with Gasteiger partial charge in [-0.25, -0.2) is 4.98 Å². The number of aliphatic hydroxyl groups is 1. The SMILES string of the molecule is O=C1C(=O)N(c2nccs2)[C@@H](c2cccc(Oc3ccccc3)c2)/C1=C(\O)c1ccccc1. The van der Waals surface area contributed by atoms with Crippen molar-refractivity contribution in [3.05, 3.63) is 113 Å². The lowest BCUT2D eigenvalue weighted by Crippen LogP contribution is -2.29. The minimum atomic E-state index is -0.851. The van der Waals surface area contributed by atoms with Crippen LogP contribution in [-0.2, 0) is 9.59 Å². The van der Waals surface area contributed by atoms with Gasteiger partial charge in [0.25, 0.3) is 5.78 Å². The Morgan fingerprint density at radius 3 is 2.30 bits per heavy atom. The van der Waals surface area contributed by atoms with Gasteiger partial charge in [-0.1, -0.05) is 60.7 Å². The zero-order valence-electron chi connectivity index (χ0n) is 17.3. The van der Waals surface area contributed by atoms with Crippen molar-refractivity contribution in [3.8, 4) is 11.5 Å². The first-order chi connectivity index (χ1) is 16.1. The molecule has 7 heteroatoms. The molecular weight excluding hydrogens is 436 g/mol. The number of anilines is 1. The number of thiazole rings is 1. The standard InChI is InChI=1S/C26H18N2O4S/c29-23(17-8-3-1-4-9-17)21-22(28(25(31)24(21)30)26-27-14-15-33-26)18-10-7-13-20(16-18)32-19-11-5-2-6-12-19/h1-16,22,29H/b23-21+/t22-/m0/s1. The Kier molecular flexibility index (Phi) is 5.46. The van der Waals surface area contributed by atoms with Gasteiger partial charge in [-0.05, 0) is 29.8 Å². The van der Waals surface area contributed by atoms with Gasteiger partial charge in [0.1, 0.15) is 17.3 Å². The summed E-state index contributed by atoms with van der Waals surface area (Å²) >= 11 is 1.25. The summed E-state index contributed by atoms with van der Waals surface area (Å²) in [5.74, 6) is -0.517. The monoisotopic (exact) mass is 454 g/mol. The van der Waals surface area contributed by atoms with Crippen LogP contribution in [-0.4, -0.2) is 21.8 Å². The molecule has 0 unspecified atom stereocenters. The predicted molar refractivity (Wildman–Crippen MR) is 126 cm³/mol. The molecule has 3 aromatic carbocycles.